The highest BCUT2D eigenvalue weighted by Gasteiger charge is 2.28. The van der Waals surface area contributed by atoms with Crippen LogP contribution in [0.1, 0.15) is 24.1 Å². The van der Waals surface area contributed by atoms with E-state index in [2.05, 4.69) is 29.5 Å². The number of aliphatic hydroxyl groups is 1. The van der Waals surface area contributed by atoms with Gasteiger partial charge in [0, 0.05) is 17.5 Å². The molecule has 1 aromatic rings. The van der Waals surface area contributed by atoms with Crippen molar-refractivity contribution in [2.45, 2.75) is 37.8 Å². The molecule has 1 aromatic heterocycles. The Morgan fingerprint density at radius 1 is 1.53 bits per heavy atom. The van der Waals surface area contributed by atoms with Gasteiger partial charge in [-0.2, -0.15) is 0 Å². The Morgan fingerprint density at radius 2 is 2.40 bits per heavy atom. The number of likely N-dealkylation sites (N-methyl/N-ethyl adjacent to an activating group) is 1. The second kappa shape index (κ2) is 5.10. The van der Waals surface area contributed by atoms with Gasteiger partial charge >= 0.3 is 0 Å². The lowest BCUT2D eigenvalue weighted by Gasteiger charge is -2.26. The van der Waals surface area contributed by atoms with Crippen molar-refractivity contribution in [3.05, 3.63) is 22.4 Å². The molecule has 0 amide bonds. The zero-order valence-corrected chi connectivity index (χ0v) is 10.0. The summed E-state index contributed by atoms with van der Waals surface area (Å²) in [6, 6.07) is 4.68. The van der Waals surface area contributed by atoms with Gasteiger partial charge in [-0.25, -0.2) is 0 Å². The highest BCUT2D eigenvalue weighted by molar-refractivity contribution is 7.09. The Kier molecular flexibility index (Phi) is 3.78. The number of nitrogens with zero attached hydrogens (tertiary/aromatic N) is 1. The molecule has 3 heteroatoms. The Labute approximate surface area is 95.5 Å². The molecule has 0 saturated heterocycles. The maximum Gasteiger partial charge on any atom is 0.0695 e. The monoisotopic (exact) mass is 225 g/mol. The molecule has 84 valence electrons. The molecule has 0 bridgehead atoms. The van der Waals surface area contributed by atoms with Crippen LogP contribution in [0, 0.1) is 0 Å². The molecule has 0 radical (unpaired) electrons. The molecule has 0 aromatic carbocycles. The molecule has 2 rings (SSSR count). The van der Waals surface area contributed by atoms with E-state index in [-0.39, 0.29) is 6.10 Å². The fraction of sp³-hybridized carbons (Fsp3) is 0.667. The highest BCUT2D eigenvalue weighted by Crippen LogP contribution is 2.23. The first kappa shape index (κ1) is 11.1. The molecule has 0 aliphatic heterocycles. The van der Waals surface area contributed by atoms with Gasteiger partial charge < -0.3 is 10.0 Å². The van der Waals surface area contributed by atoms with Crippen molar-refractivity contribution < 1.29 is 5.11 Å². The summed E-state index contributed by atoms with van der Waals surface area (Å²) in [6.07, 6.45) is 4.32. The molecule has 1 aliphatic rings. The molecular weight excluding hydrogens is 206 g/mol. The summed E-state index contributed by atoms with van der Waals surface area (Å²) in [5.41, 5.74) is 0. The Bertz CT molecular complexity index is 286. The third-order valence-corrected chi connectivity index (χ3v) is 4.24. The van der Waals surface area contributed by atoms with Crippen LogP contribution in [0.5, 0.6) is 0 Å². The average molecular weight is 225 g/mol. The van der Waals surface area contributed by atoms with Gasteiger partial charge in [0.1, 0.15) is 0 Å². The van der Waals surface area contributed by atoms with Crippen molar-refractivity contribution in [2.75, 3.05) is 13.6 Å². The van der Waals surface area contributed by atoms with Crippen molar-refractivity contribution in [1.29, 1.82) is 0 Å². The van der Waals surface area contributed by atoms with E-state index < -0.39 is 0 Å². The van der Waals surface area contributed by atoms with Crippen LogP contribution < -0.4 is 0 Å². The van der Waals surface area contributed by atoms with Gasteiger partial charge in [-0.05, 0) is 44.2 Å². The van der Waals surface area contributed by atoms with Gasteiger partial charge in [-0.15, -0.1) is 11.3 Å². The van der Waals surface area contributed by atoms with Crippen molar-refractivity contribution in [1.82, 2.24) is 4.90 Å². The number of hydrogen-bond acceptors (Lipinski definition) is 3. The van der Waals surface area contributed by atoms with E-state index in [0.29, 0.717) is 6.04 Å². The molecule has 2 nitrogen and oxygen atoms in total. The van der Waals surface area contributed by atoms with Crippen LogP contribution in [0.3, 0.4) is 0 Å². The Morgan fingerprint density at radius 3 is 3.00 bits per heavy atom. The van der Waals surface area contributed by atoms with Crippen LogP contribution in [-0.4, -0.2) is 35.7 Å². The second-order valence-electron chi connectivity index (χ2n) is 4.38. The Hall–Kier alpha value is -0.380. The van der Waals surface area contributed by atoms with Crippen LogP contribution >= 0.6 is 11.3 Å². The summed E-state index contributed by atoms with van der Waals surface area (Å²) < 4.78 is 0. The zero-order valence-electron chi connectivity index (χ0n) is 9.22. The number of aliphatic hydroxyl groups excluding tert-OH is 1. The second-order valence-corrected chi connectivity index (χ2v) is 5.41. The minimum absolute atomic E-state index is 0.0988. The van der Waals surface area contributed by atoms with E-state index in [0.717, 1.165) is 25.8 Å². The summed E-state index contributed by atoms with van der Waals surface area (Å²) in [4.78, 5) is 3.76. The first-order chi connectivity index (χ1) is 7.27. The lowest BCUT2D eigenvalue weighted by molar-refractivity contribution is 0.0871. The summed E-state index contributed by atoms with van der Waals surface area (Å²) in [5, 5.41) is 11.9. The van der Waals surface area contributed by atoms with Crippen LogP contribution in [0.2, 0.25) is 0 Å². The molecule has 1 saturated carbocycles. The topological polar surface area (TPSA) is 23.5 Å². The largest absolute Gasteiger partial charge is 0.391 e. The fourth-order valence-electron chi connectivity index (χ4n) is 2.34. The van der Waals surface area contributed by atoms with E-state index in [1.807, 2.05) is 11.3 Å². The summed E-state index contributed by atoms with van der Waals surface area (Å²) in [7, 11) is 2.13. The van der Waals surface area contributed by atoms with E-state index >= 15 is 0 Å². The number of thiophene rings is 1. The molecule has 1 heterocycles. The van der Waals surface area contributed by atoms with Gasteiger partial charge in [-0.3, -0.25) is 0 Å². The summed E-state index contributed by atoms with van der Waals surface area (Å²) in [5.74, 6) is 0. The SMILES string of the molecule is CN(CCc1cccs1)[C@@H]1CCC[C@H]1O. The number of hydrogen-bond donors (Lipinski definition) is 1. The van der Waals surface area contributed by atoms with Gasteiger partial charge in [0.05, 0.1) is 6.10 Å². The van der Waals surface area contributed by atoms with Gasteiger partial charge in [-0.1, -0.05) is 6.07 Å². The molecular formula is C12H19NOS. The first-order valence-corrected chi connectivity index (χ1v) is 6.56. The molecule has 1 N–H and O–H groups in total. The standard InChI is InChI=1S/C12H19NOS/c1-13(11-5-2-6-12(11)14)8-7-10-4-3-9-15-10/h3-4,9,11-12,14H,2,5-8H2,1H3/t11-,12-/m1/s1. The van der Waals surface area contributed by atoms with Gasteiger partial charge in [0.25, 0.3) is 0 Å². The molecule has 0 unspecified atom stereocenters. The van der Waals surface area contributed by atoms with Crippen molar-refractivity contribution in [2.24, 2.45) is 0 Å². The quantitative estimate of drug-likeness (QED) is 0.848. The van der Waals surface area contributed by atoms with Gasteiger partial charge in [0.2, 0.25) is 0 Å². The van der Waals surface area contributed by atoms with E-state index in [4.69, 9.17) is 0 Å². The molecule has 1 aliphatic carbocycles. The lowest BCUT2D eigenvalue weighted by atomic mass is 10.2. The maximum absolute atomic E-state index is 9.78. The highest BCUT2D eigenvalue weighted by atomic mass is 32.1. The molecule has 1 fully saturated rings. The van der Waals surface area contributed by atoms with Crippen molar-refractivity contribution in [3.63, 3.8) is 0 Å². The predicted molar refractivity (Wildman–Crippen MR) is 64.3 cm³/mol. The third kappa shape index (κ3) is 2.80. The smallest absolute Gasteiger partial charge is 0.0695 e. The number of rotatable bonds is 4. The van der Waals surface area contributed by atoms with E-state index in [1.54, 1.807) is 0 Å². The maximum atomic E-state index is 9.78. The minimum atomic E-state index is -0.0988. The summed E-state index contributed by atoms with van der Waals surface area (Å²) in [6.45, 7) is 1.06. The minimum Gasteiger partial charge on any atom is -0.391 e. The van der Waals surface area contributed by atoms with Gasteiger partial charge in [0.15, 0.2) is 0 Å². The van der Waals surface area contributed by atoms with Crippen molar-refractivity contribution >= 4 is 11.3 Å². The fourth-order valence-corrected chi connectivity index (χ4v) is 3.04. The van der Waals surface area contributed by atoms with Crippen LogP contribution in [0.4, 0.5) is 0 Å². The lowest BCUT2D eigenvalue weighted by Crippen LogP contribution is -2.38. The van der Waals surface area contributed by atoms with Crippen LogP contribution in [0.15, 0.2) is 17.5 Å². The van der Waals surface area contributed by atoms with Crippen molar-refractivity contribution in [3.8, 4) is 0 Å². The van der Waals surface area contributed by atoms with Crippen LogP contribution in [-0.2, 0) is 6.42 Å². The average Bonchev–Trinajstić information content (AvgIpc) is 2.84. The third-order valence-electron chi connectivity index (χ3n) is 3.30. The zero-order chi connectivity index (χ0) is 10.7. The molecule has 15 heavy (non-hydrogen) atoms. The normalized spacial score (nSPS) is 26.3. The first-order valence-electron chi connectivity index (χ1n) is 5.68. The van der Waals surface area contributed by atoms with Crippen LogP contribution in [0.25, 0.3) is 0 Å². The molecule has 2 atom stereocenters. The predicted octanol–water partition coefficient (Wildman–Crippen LogP) is 2.14. The van der Waals surface area contributed by atoms with E-state index in [9.17, 15) is 5.11 Å². The summed E-state index contributed by atoms with van der Waals surface area (Å²) >= 11 is 1.82. The Balaban J connectivity index is 1.79. The van der Waals surface area contributed by atoms with E-state index in [1.165, 1.54) is 11.3 Å². The molecule has 0 spiro atoms.